The van der Waals surface area contributed by atoms with Gasteiger partial charge in [-0.1, -0.05) is 0 Å². The van der Waals surface area contributed by atoms with Crippen LogP contribution in [-0.4, -0.2) is 39.0 Å². The van der Waals surface area contributed by atoms with Crippen LogP contribution in [0.15, 0.2) is 0 Å². The number of carbonyl (C=O) groups is 2. The lowest BCUT2D eigenvalue weighted by Gasteiger charge is -2.04. The monoisotopic (exact) mass is 201 g/mol. The van der Waals surface area contributed by atoms with E-state index in [0.29, 0.717) is 32.4 Å². The summed E-state index contributed by atoms with van der Waals surface area (Å²) in [5.74, 6) is 0.0331. The highest BCUT2D eigenvalue weighted by Gasteiger charge is 2.00. The Morgan fingerprint density at radius 2 is 1.71 bits per heavy atom. The Bertz CT molecular complexity index is 183. The van der Waals surface area contributed by atoms with Gasteiger partial charge in [-0.3, -0.25) is 9.59 Å². The molecule has 0 aromatic rings. The average Bonchev–Trinajstić information content (AvgIpc) is 2.21. The van der Waals surface area contributed by atoms with E-state index in [-0.39, 0.29) is 11.8 Å². The van der Waals surface area contributed by atoms with Crippen molar-refractivity contribution in [3.8, 4) is 0 Å². The number of amides is 2. The van der Waals surface area contributed by atoms with Gasteiger partial charge < -0.3 is 16.0 Å². The number of hydrogen-bond donors (Lipinski definition) is 3. The van der Waals surface area contributed by atoms with Gasteiger partial charge in [0.05, 0.1) is 0 Å². The molecule has 0 fully saturated rings. The predicted octanol–water partition coefficient (Wildman–Crippen LogP) is -0.762. The Hall–Kier alpha value is -1.10. The molecule has 5 heteroatoms. The lowest BCUT2D eigenvalue weighted by atomic mass is 10.3. The molecule has 0 bridgehead atoms. The smallest absolute Gasteiger partial charge is 0.221 e. The molecule has 0 rings (SSSR count). The van der Waals surface area contributed by atoms with Gasteiger partial charge in [0.15, 0.2) is 0 Å². The largest absolute Gasteiger partial charge is 0.359 e. The Labute approximate surface area is 84.6 Å². The highest BCUT2D eigenvalue weighted by molar-refractivity contribution is 5.76. The van der Waals surface area contributed by atoms with Crippen molar-refractivity contribution in [2.75, 3.05) is 27.2 Å². The Balaban J connectivity index is 3.27. The summed E-state index contributed by atoms with van der Waals surface area (Å²) >= 11 is 0. The zero-order valence-electron chi connectivity index (χ0n) is 8.85. The molecular formula is C9H19N3O2. The summed E-state index contributed by atoms with van der Waals surface area (Å²) in [6, 6.07) is 0. The van der Waals surface area contributed by atoms with Crippen LogP contribution < -0.4 is 16.0 Å². The maximum absolute atomic E-state index is 11.1. The zero-order valence-corrected chi connectivity index (χ0v) is 8.85. The van der Waals surface area contributed by atoms with Gasteiger partial charge in [-0.05, 0) is 13.5 Å². The second kappa shape index (κ2) is 8.50. The molecule has 14 heavy (non-hydrogen) atoms. The van der Waals surface area contributed by atoms with Gasteiger partial charge in [0.25, 0.3) is 0 Å². The second-order valence-corrected chi connectivity index (χ2v) is 2.98. The lowest BCUT2D eigenvalue weighted by Crippen LogP contribution is -2.28. The van der Waals surface area contributed by atoms with Crippen LogP contribution in [0.2, 0.25) is 0 Å². The van der Waals surface area contributed by atoms with Gasteiger partial charge in [-0.2, -0.15) is 0 Å². The van der Waals surface area contributed by atoms with Crippen molar-refractivity contribution in [1.29, 1.82) is 0 Å². The molecule has 0 unspecified atom stereocenters. The third-order valence-electron chi connectivity index (χ3n) is 1.78. The minimum Gasteiger partial charge on any atom is -0.359 e. The molecule has 0 aliphatic heterocycles. The summed E-state index contributed by atoms with van der Waals surface area (Å²) in [4.78, 5) is 21.9. The van der Waals surface area contributed by atoms with Gasteiger partial charge >= 0.3 is 0 Å². The molecule has 0 aromatic carbocycles. The fraction of sp³-hybridized carbons (Fsp3) is 0.778. The highest BCUT2D eigenvalue weighted by Crippen LogP contribution is 1.86. The van der Waals surface area contributed by atoms with Crippen molar-refractivity contribution in [3.05, 3.63) is 0 Å². The molecule has 0 atom stereocenters. The molecule has 0 spiro atoms. The third-order valence-corrected chi connectivity index (χ3v) is 1.78. The number of hydrogen-bond acceptors (Lipinski definition) is 3. The molecule has 0 aromatic heterocycles. The summed E-state index contributed by atoms with van der Waals surface area (Å²) in [6.45, 7) is 1.25. The summed E-state index contributed by atoms with van der Waals surface area (Å²) in [7, 11) is 3.41. The van der Waals surface area contributed by atoms with Gasteiger partial charge in [0.2, 0.25) is 11.8 Å². The van der Waals surface area contributed by atoms with E-state index >= 15 is 0 Å². The van der Waals surface area contributed by atoms with Crippen molar-refractivity contribution in [1.82, 2.24) is 16.0 Å². The van der Waals surface area contributed by atoms with Crippen LogP contribution in [-0.2, 0) is 9.59 Å². The van der Waals surface area contributed by atoms with E-state index in [9.17, 15) is 9.59 Å². The van der Waals surface area contributed by atoms with Gasteiger partial charge in [0, 0.05) is 33.0 Å². The summed E-state index contributed by atoms with van der Waals surface area (Å²) in [5, 5.41) is 8.16. The Morgan fingerprint density at radius 3 is 2.29 bits per heavy atom. The van der Waals surface area contributed by atoms with Crippen molar-refractivity contribution >= 4 is 11.8 Å². The molecule has 5 nitrogen and oxygen atoms in total. The first-order chi connectivity index (χ1) is 6.70. The maximum atomic E-state index is 11.1. The molecule has 82 valence electrons. The van der Waals surface area contributed by atoms with Crippen LogP contribution in [0, 0.1) is 0 Å². The zero-order chi connectivity index (χ0) is 10.8. The van der Waals surface area contributed by atoms with E-state index in [4.69, 9.17) is 0 Å². The van der Waals surface area contributed by atoms with Crippen molar-refractivity contribution in [2.45, 2.75) is 19.3 Å². The first kappa shape index (κ1) is 12.9. The van der Waals surface area contributed by atoms with Crippen molar-refractivity contribution < 1.29 is 9.59 Å². The number of carbonyl (C=O) groups excluding carboxylic acids is 2. The Kier molecular flexibility index (Phi) is 7.83. The summed E-state index contributed by atoms with van der Waals surface area (Å²) in [5.41, 5.74) is 0. The molecule has 2 amide bonds. The first-order valence-corrected chi connectivity index (χ1v) is 4.82. The van der Waals surface area contributed by atoms with Crippen LogP contribution >= 0.6 is 0 Å². The topological polar surface area (TPSA) is 70.2 Å². The Morgan fingerprint density at radius 1 is 1.00 bits per heavy atom. The maximum Gasteiger partial charge on any atom is 0.221 e. The van der Waals surface area contributed by atoms with Gasteiger partial charge in [-0.25, -0.2) is 0 Å². The van der Waals surface area contributed by atoms with Crippen molar-refractivity contribution in [3.63, 3.8) is 0 Å². The molecule has 0 saturated carbocycles. The normalized spacial score (nSPS) is 9.57. The number of rotatable bonds is 7. The van der Waals surface area contributed by atoms with Gasteiger partial charge in [-0.15, -0.1) is 0 Å². The highest BCUT2D eigenvalue weighted by atomic mass is 16.2. The minimum absolute atomic E-state index is 0.00877. The fourth-order valence-electron chi connectivity index (χ4n) is 0.929. The molecule has 0 radical (unpaired) electrons. The second-order valence-electron chi connectivity index (χ2n) is 2.98. The summed E-state index contributed by atoms with van der Waals surface area (Å²) in [6.07, 6.45) is 1.63. The summed E-state index contributed by atoms with van der Waals surface area (Å²) < 4.78 is 0. The van der Waals surface area contributed by atoms with E-state index in [1.807, 2.05) is 0 Å². The molecule has 0 saturated heterocycles. The van der Waals surface area contributed by atoms with E-state index in [1.165, 1.54) is 0 Å². The van der Waals surface area contributed by atoms with Crippen LogP contribution in [0.1, 0.15) is 19.3 Å². The molecule has 0 aliphatic carbocycles. The van der Waals surface area contributed by atoms with Crippen LogP contribution in [0.5, 0.6) is 0 Å². The van der Waals surface area contributed by atoms with Crippen LogP contribution in [0.25, 0.3) is 0 Å². The predicted molar refractivity (Wildman–Crippen MR) is 54.9 cm³/mol. The minimum atomic E-state index is 0.00877. The molecule has 0 heterocycles. The molecule has 3 N–H and O–H groups in total. The van der Waals surface area contributed by atoms with Crippen LogP contribution in [0.4, 0.5) is 0 Å². The van der Waals surface area contributed by atoms with E-state index in [0.717, 1.165) is 0 Å². The standard InChI is InChI=1S/C9H19N3O2/c1-10-7-5-9(14)12-6-3-4-8(13)11-2/h10H,3-7H2,1-2H3,(H,11,13)(H,12,14). The van der Waals surface area contributed by atoms with Crippen molar-refractivity contribution in [2.24, 2.45) is 0 Å². The quantitative estimate of drug-likeness (QED) is 0.474. The first-order valence-electron chi connectivity index (χ1n) is 4.82. The van der Waals surface area contributed by atoms with E-state index in [1.54, 1.807) is 14.1 Å². The fourth-order valence-corrected chi connectivity index (χ4v) is 0.929. The average molecular weight is 201 g/mol. The van der Waals surface area contributed by atoms with Gasteiger partial charge in [0.1, 0.15) is 0 Å². The third kappa shape index (κ3) is 7.54. The lowest BCUT2D eigenvalue weighted by molar-refractivity contribution is -0.122. The number of nitrogens with one attached hydrogen (secondary N) is 3. The van der Waals surface area contributed by atoms with E-state index in [2.05, 4.69) is 16.0 Å². The molecular weight excluding hydrogens is 182 g/mol. The SMILES string of the molecule is CNCCC(=O)NCCCC(=O)NC. The van der Waals surface area contributed by atoms with E-state index < -0.39 is 0 Å². The molecule has 0 aliphatic rings. The van der Waals surface area contributed by atoms with Crippen LogP contribution in [0.3, 0.4) is 0 Å².